The smallest absolute Gasteiger partial charge is 0.337 e. The number of hydrogen-bond acceptors (Lipinski definition) is 8. The van der Waals surface area contributed by atoms with Crippen LogP contribution in [-0.2, 0) is 19.3 Å². The molecule has 11 heteroatoms. The van der Waals surface area contributed by atoms with E-state index < -0.39 is 26.8 Å². The molecule has 0 radical (unpaired) electrons. The normalized spacial score (nSPS) is 19.7. The van der Waals surface area contributed by atoms with Gasteiger partial charge in [0, 0.05) is 19.7 Å². The molecule has 1 fully saturated rings. The molecule has 1 aromatic heterocycles. The number of fused-ring (bicyclic) bond motifs is 1. The summed E-state index contributed by atoms with van der Waals surface area (Å²) in [6.45, 7) is 1.22. The fourth-order valence-corrected chi connectivity index (χ4v) is 5.69. The second-order valence-electron chi connectivity index (χ2n) is 7.22. The van der Waals surface area contributed by atoms with Crippen molar-refractivity contribution >= 4 is 33.1 Å². The molecule has 1 saturated heterocycles. The highest BCUT2D eigenvalue weighted by Crippen LogP contribution is 2.44. The van der Waals surface area contributed by atoms with E-state index in [9.17, 15) is 17.6 Å². The summed E-state index contributed by atoms with van der Waals surface area (Å²) >= 11 is 6.04. The maximum Gasteiger partial charge on any atom is 0.337 e. The summed E-state index contributed by atoms with van der Waals surface area (Å²) in [5, 5.41) is -0.555. The Hall–Kier alpha value is -2.43. The average molecular weight is 471 g/mol. The zero-order valence-corrected chi connectivity index (χ0v) is 18.2. The van der Waals surface area contributed by atoms with Gasteiger partial charge in [-0.25, -0.2) is 13.2 Å². The molecular formula is C20H20ClFN2O6S. The van der Waals surface area contributed by atoms with Crippen molar-refractivity contribution in [3.05, 3.63) is 40.8 Å². The van der Waals surface area contributed by atoms with E-state index in [1.807, 2.05) is 0 Å². The van der Waals surface area contributed by atoms with Crippen LogP contribution in [0.1, 0.15) is 23.2 Å². The fourth-order valence-electron chi connectivity index (χ4n) is 3.67. The minimum atomic E-state index is -3.83. The Bertz CT molecular complexity index is 1100. The highest BCUT2D eigenvalue weighted by Gasteiger charge is 2.38. The molecule has 1 atom stereocenters. The molecule has 0 saturated carbocycles. The lowest BCUT2D eigenvalue weighted by Gasteiger charge is -2.33. The van der Waals surface area contributed by atoms with E-state index in [0.717, 1.165) is 12.8 Å². The van der Waals surface area contributed by atoms with E-state index in [4.69, 9.17) is 21.1 Å². The maximum absolute atomic E-state index is 14.5. The van der Waals surface area contributed by atoms with E-state index in [1.165, 1.54) is 31.4 Å². The number of anilines is 1. The van der Waals surface area contributed by atoms with Crippen molar-refractivity contribution in [1.82, 2.24) is 4.98 Å². The van der Waals surface area contributed by atoms with Crippen LogP contribution in [0.25, 0.3) is 0 Å². The van der Waals surface area contributed by atoms with Crippen molar-refractivity contribution in [3.8, 4) is 11.6 Å². The third-order valence-electron chi connectivity index (χ3n) is 5.19. The molecule has 2 aromatic rings. The van der Waals surface area contributed by atoms with E-state index in [2.05, 4.69) is 9.72 Å². The van der Waals surface area contributed by atoms with Gasteiger partial charge in [-0.2, -0.15) is 9.37 Å². The summed E-state index contributed by atoms with van der Waals surface area (Å²) in [5.74, 6) is -1.84. The molecule has 0 aliphatic carbocycles. The zero-order chi connectivity index (χ0) is 22.2. The lowest BCUT2D eigenvalue weighted by Crippen LogP contribution is -2.40. The predicted octanol–water partition coefficient (Wildman–Crippen LogP) is 3.23. The predicted molar refractivity (Wildman–Crippen MR) is 110 cm³/mol. The van der Waals surface area contributed by atoms with Gasteiger partial charge in [-0.05, 0) is 37.1 Å². The van der Waals surface area contributed by atoms with E-state index in [-0.39, 0.29) is 40.6 Å². The van der Waals surface area contributed by atoms with Gasteiger partial charge >= 0.3 is 5.97 Å². The Labute approximate surface area is 183 Å². The molecule has 4 rings (SSSR count). The fraction of sp³-hybridized carbons (Fsp3) is 0.400. The van der Waals surface area contributed by atoms with Crippen molar-refractivity contribution in [2.45, 2.75) is 23.8 Å². The Morgan fingerprint density at radius 3 is 2.74 bits per heavy atom. The molecule has 0 spiro atoms. The zero-order valence-electron chi connectivity index (χ0n) is 16.6. The van der Waals surface area contributed by atoms with Crippen LogP contribution in [0.15, 0.2) is 29.2 Å². The number of carbonyl (C=O) groups excluding carboxylic acids is 1. The molecule has 2 aliphatic rings. The van der Waals surface area contributed by atoms with Crippen LogP contribution >= 0.6 is 11.6 Å². The summed E-state index contributed by atoms with van der Waals surface area (Å²) in [4.78, 5) is 16.8. The SMILES string of the molecule is COC(=O)c1ccc(Oc2nc(F)c(Cl)c3c2N(CC2CCCO2)CCS3(=O)=O)cc1. The van der Waals surface area contributed by atoms with Crippen molar-refractivity contribution in [3.63, 3.8) is 0 Å². The number of pyridine rings is 1. The van der Waals surface area contributed by atoms with Crippen LogP contribution in [-0.4, -0.2) is 58.0 Å². The van der Waals surface area contributed by atoms with Gasteiger partial charge in [-0.3, -0.25) is 0 Å². The lowest BCUT2D eigenvalue weighted by atomic mass is 10.2. The van der Waals surface area contributed by atoms with Crippen LogP contribution in [0.3, 0.4) is 0 Å². The monoisotopic (exact) mass is 470 g/mol. The van der Waals surface area contributed by atoms with Crippen LogP contribution in [0.5, 0.6) is 11.6 Å². The minimum Gasteiger partial charge on any atom is -0.465 e. The van der Waals surface area contributed by atoms with Crippen LogP contribution in [0.4, 0.5) is 10.1 Å². The maximum atomic E-state index is 14.5. The number of hydrogen-bond donors (Lipinski definition) is 0. The number of carbonyl (C=O) groups is 1. The molecule has 3 heterocycles. The number of sulfone groups is 1. The first-order valence-corrected chi connectivity index (χ1v) is 11.7. The number of halogens is 2. The van der Waals surface area contributed by atoms with Crippen molar-refractivity contribution in [2.75, 3.05) is 37.5 Å². The molecule has 2 aliphatic heterocycles. The Kier molecular flexibility index (Phi) is 6.05. The number of ether oxygens (including phenoxy) is 3. The summed E-state index contributed by atoms with van der Waals surface area (Å²) in [6, 6.07) is 5.91. The Morgan fingerprint density at radius 2 is 2.10 bits per heavy atom. The summed E-state index contributed by atoms with van der Waals surface area (Å²) in [7, 11) is -2.57. The first-order valence-electron chi connectivity index (χ1n) is 9.64. The quantitative estimate of drug-likeness (QED) is 0.485. The van der Waals surface area contributed by atoms with Gasteiger partial charge < -0.3 is 19.1 Å². The highest BCUT2D eigenvalue weighted by molar-refractivity contribution is 7.91. The van der Waals surface area contributed by atoms with Gasteiger partial charge in [0.1, 0.15) is 21.4 Å². The molecule has 166 valence electrons. The average Bonchev–Trinajstić information content (AvgIpc) is 3.26. The highest BCUT2D eigenvalue weighted by atomic mass is 35.5. The van der Waals surface area contributed by atoms with Gasteiger partial charge in [0.2, 0.25) is 11.8 Å². The first-order chi connectivity index (χ1) is 14.8. The number of esters is 1. The van der Waals surface area contributed by atoms with E-state index >= 15 is 0 Å². The van der Waals surface area contributed by atoms with Crippen LogP contribution in [0, 0.1) is 5.95 Å². The second kappa shape index (κ2) is 8.60. The van der Waals surface area contributed by atoms with Crippen LogP contribution in [0.2, 0.25) is 5.02 Å². The summed E-state index contributed by atoms with van der Waals surface area (Å²) < 4.78 is 56.0. The molecule has 1 unspecified atom stereocenters. The summed E-state index contributed by atoms with van der Waals surface area (Å²) in [5.41, 5.74) is 0.417. The van der Waals surface area contributed by atoms with E-state index in [1.54, 1.807) is 4.90 Å². The van der Waals surface area contributed by atoms with Crippen molar-refractivity contribution < 1.29 is 31.8 Å². The number of rotatable bonds is 5. The number of methoxy groups -OCH3 is 1. The second-order valence-corrected chi connectivity index (χ2v) is 9.64. The number of nitrogens with zero attached hydrogens (tertiary/aromatic N) is 2. The minimum absolute atomic E-state index is 0.0790. The van der Waals surface area contributed by atoms with Crippen LogP contribution < -0.4 is 9.64 Å². The molecule has 0 amide bonds. The number of benzene rings is 1. The van der Waals surface area contributed by atoms with Gasteiger partial charge in [0.05, 0.1) is 24.5 Å². The third-order valence-corrected chi connectivity index (χ3v) is 7.39. The molecule has 8 nitrogen and oxygen atoms in total. The topological polar surface area (TPSA) is 95.0 Å². The standard InChI is InChI=1S/C20H20ClFN2O6S/c1-28-20(25)12-4-6-13(7-5-12)30-19-16-17(15(21)18(22)23-19)31(26,27)10-8-24(16)11-14-3-2-9-29-14/h4-7,14H,2-3,8-11H2,1H3. The molecule has 31 heavy (non-hydrogen) atoms. The van der Waals surface area contributed by atoms with Crippen molar-refractivity contribution in [1.29, 1.82) is 0 Å². The lowest BCUT2D eigenvalue weighted by molar-refractivity contribution is 0.0600. The Balaban J connectivity index is 1.75. The first kappa shape index (κ1) is 21.8. The van der Waals surface area contributed by atoms with Gasteiger partial charge in [0.25, 0.3) is 0 Å². The number of aromatic nitrogens is 1. The molecular weight excluding hydrogens is 451 g/mol. The molecule has 0 N–H and O–H groups in total. The Morgan fingerprint density at radius 1 is 1.35 bits per heavy atom. The largest absolute Gasteiger partial charge is 0.465 e. The molecule has 1 aromatic carbocycles. The van der Waals surface area contributed by atoms with Gasteiger partial charge in [-0.1, -0.05) is 11.6 Å². The third kappa shape index (κ3) is 4.32. The molecule has 0 bridgehead atoms. The van der Waals surface area contributed by atoms with Gasteiger partial charge in [0.15, 0.2) is 9.84 Å². The van der Waals surface area contributed by atoms with E-state index in [0.29, 0.717) is 18.7 Å². The van der Waals surface area contributed by atoms with Gasteiger partial charge in [-0.15, -0.1) is 0 Å². The summed E-state index contributed by atoms with van der Waals surface area (Å²) in [6.07, 6.45) is 1.68. The van der Waals surface area contributed by atoms with Crippen molar-refractivity contribution in [2.24, 2.45) is 0 Å².